The summed E-state index contributed by atoms with van der Waals surface area (Å²) in [5.41, 5.74) is 1.26. The second-order valence-corrected chi connectivity index (χ2v) is 6.68. The second-order valence-electron chi connectivity index (χ2n) is 3.51. The maximum absolute atomic E-state index is 11.3. The van der Waals surface area contributed by atoms with Crippen LogP contribution in [0, 0.1) is 0 Å². The van der Waals surface area contributed by atoms with Crippen molar-refractivity contribution < 1.29 is 4.57 Å². The molecule has 0 aliphatic heterocycles. The highest BCUT2D eigenvalue weighted by Crippen LogP contribution is 2.37. The number of hydrogen-bond donors (Lipinski definition) is 0. The summed E-state index contributed by atoms with van der Waals surface area (Å²) in [4.78, 5) is 0. The predicted molar refractivity (Wildman–Crippen MR) is 58.7 cm³/mol. The van der Waals surface area contributed by atoms with E-state index in [4.69, 9.17) is 0 Å². The van der Waals surface area contributed by atoms with Gasteiger partial charge in [-0.15, -0.1) is 0 Å². The lowest BCUT2D eigenvalue weighted by Gasteiger charge is -1.97. The van der Waals surface area contributed by atoms with Crippen molar-refractivity contribution in [3.63, 3.8) is 0 Å². The molecule has 0 amide bonds. The first-order chi connectivity index (χ1) is 6.08. The lowest BCUT2D eigenvalue weighted by atomic mass is 10.2. The third kappa shape index (κ3) is 4.69. The Labute approximate surface area is 79.9 Å². The Morgan fingerprint density at radius 3 is 2.38 bits per heavy atom. The third-order valence-electron chi connectivity index (χ3n) is 1.66. The van der Waals surface area contributed by atoms with Crippen LogP contribution in [-0.4, -0.2) is 13.3 Å². The Morgan fingerprint density at radius 2 is 1.85 bits per heavy atom. The van der Waals surface area contributed by atoms with Gasteiger partial charge in [-0.1, -0.05) is 36.4 Å². The highest BCUT2D eigenvalue weighted by molar-refractivity contribution is 7.65. The van der Waals surface area contributed by atoms with Crippen LogP contribution in [0.1, 0.15) is 5.56 Å². The molecule has 1 aromatic carbocycles. The summed E-state index contributed by atoms with van der Waals surface area (Å²) in [5, 5.41) is 0. The maximum atomic E-state index is 11.3. The highest BCUT2D eigenvalue weighted by atomic mass is 31.2. The molecule has 0 unspecified atom stereocenters. The minimum Gasteiger partial charge on any atom is -0.320 e. The van der Waals surface area contributed by atoms with Crippen LogP contribution in [0.3, 0.4) is 0 Å². The number of hydrogen-bond acceptors (Lipinski definition) is 1. The largest absolute Gasteiger partial charge is 0.320 e. The van der Waals surface area contributed by atoms with Gasteiger partial charge in [-0.3, -0.25) is 0 Å². The monoisotopic (exact) mass is 194 g/mol. The van der Waals surface area contributed by atoms with Crippen molar-refractivity contribution in [2.45, 2.75) is 6.42 Å². The fourth-order valence-electron chi connectivity index (χ4n) is 1.06. The van der Waals surface area contributed by atoms with E-state index in [1.807, 2.05) is 30.1 Å². The molecule has 0 radical (unpaired) electrons. The molecule has 0 saturated heterocycles. The first-order valence-corrected chi connectivity index (χ1v) is 7.01. The summed E-state index contributed by atoms with van der Waals surface area (Å²) in [6.07, 6.45) is 2.85. The van der Waals surface area contributed by atoms with Crippen molar-refractivity contribution in [1.82, 2.24) is 0 Å². The summed E-state index contributed by atoms with van der Waals surface area (Å²) in [6, 6.07) is 10.2. The second kappa shape index (κ2) is 4.43. The van der Waals surface area contributed by atoms with Crippen LogP contribution in [0.5, 0.6) is 0 Å². The van der Waals surface area contributed by atoms with Crippen molar-refractivity contribution >= 4 is 7.14 Å². The summed E-state index contributed by atoms with van der Waals surface area (Å²) < 4.78 is 11.3. The first kappa shape index (κ1) is 10.3. The zero-order valence-electron chi connectivity index (χ0n) is 8.10. The van der Waals surface area contributed by atoms with Crippen LogP contribution in [0.15, 0.2) is 42.2 Å². The van der Waals surface area contributed by atoms with E-state index in [-0.39, 0.29) is 0 Å². The zero-order chi connectivity index (χ0) is 9.73. The maximum Gasteiger partial charge on any atom is 0.102 e. The van der Waals surface area contributed by atoms with Gasteiger partial charge in [-0.05, 0) is 31.1 Å². The molecule has 2 heteroatoms. The van der Waals surface area contributed by atoms with Crippen molar-refractivity contribution in [2.75, 3.05) is 13.3 Å². The molecule has 1 rings (SSSR count). The molecule has 0 atom stereocenters. The lowest BCUT2D eigenvalue weighted by molar-refractivity contribution is 0.588. The molecule has 0 fully saturated rings. The van der Waals surface area contributed by atoms with Gasteiger partial charge in [-0.2, -0.15) is 0 Å². The van der Waals surface area contributed by atoms with Crippen LogP contribution < -0.4 is 0 Å². The average Bonchev–Trinajstić information content (AvgIpc) is 2.04. The highest BCUT2D eigenvalue weighted by Gasteiger charge is 1.98. The average molecular weight is 194 g/mol. The number of benzene rings is 1. The van der Waals surface area contributed by atoms with E-state index in [2.05, 4.69) is 12.1 Å². The molecule has 70 valence electrons. The normalized spacial score (nSPS) is 12.2. The quantitative estimate of drug-likeness (QED) is 0.674. The van der Waals surface area contributed by atoms with Gasteiger partial charge in [-0.25, -0.2) is 0 Å². The third-order valence-corrected chi connectivity index (χ3v) is 2.59. The Balaban J connectivity index is 2.54. The molecular weight excluding hydrogens is 179 g/mol. The standard InChI is InChI=1S/C11H15OP/c1-13(2,12)10-6-9-11-7-4-3-5-8-11/h3-8,10H,9H2,1-2H3/b10-6+. The molecule has 0 aromatic heterocycles. The van der Waals surface area contributed by atoms with Gasteiger partial charge in [0.05, 0.1) is 0 Å². The molecule has 0 N–H and O–H groups in total. The summed E-state index contributed by atoms with van der Waals surface area (Å²) in [5.74, 6) is 1.82. The van der Waals surface area contributed by atoms with Gasteiger partial charge in [0.15, 0.2) is 0 Å². The molecule has 0 heterocycles. The van der Waals surface area contributed by atoms with Gasteiger partial charge >= 0.3 is 0 Å². The van der Waals surface area contributed by atoms with Crippen LogP contribution in [0.2, 0.25) is 0 Å². The van der Waals surface area contributed by atoms with E-state index in [9.17, 15) is 4.57 Å². The fourth-order valence-corrected chi connectivity index (χ4v) is 1.67. The van der Waals surface area contributed by atoms with Gasteiger partial charge in [0.2, 0.25) is 0 Å². The van der Waals surface area contributed by atoms with E-state index < -0.39 is 7.14 Å². The lowest BCUT2D eigenvalue weighted by Crippen LogP contribution is -1.78. The van der Waals surface area contributed by atoms with Gasteiger partial charge in [0.25, 0.3) is 0 Å². The Morgan fingerprint density at radius 1 is 1.23 bits per heavy atom. The number of rotatable bonds is 3. The minimum atomic E-state index is -1.98. The van der Waals surface area contributed by atoms with E-state index >= 15 is 0 Å². The summed E-state index contributed by atoms with van der Waals surface area (Å²) in [6.45, 7) is 3.54. The van der Waals surface area contributed by atoms with Gasteiger partial charge in [0, 0.05) is 0 Å². The predicted octanol–water partition coefficient (Wildman–Crippen LogP) is 3.37. The molecule has 1 aromatic rings. The Hall–Kier alpha value is -0.810. The van der Waals surface area contributed by atoms with Crippen molar-refractivity contribution in [3.8, 4) is 0 Å². The fraction of sp³-hybridized carbons (Fsp3) is 0.273. The molecule has 0 aliphatic carbocycles. The SMILES string of the molecule is CP(C)(=O)/C=C/Cc1ccccc1. The molecule has 0 bridgehead atoms. The first-order valence-electron chi connectivity index (χ1n) is 4.34. The smallest absolute Gasteiger partial charge is 0.102 e. The minimum absolute atomic E-state index is 0.868. The molecule has 13 heavy (non-hydrogen) atoms. The molecule has 1 nitrogen and oxygen atoms in total. The molecule has 0 spiro atoms. The van der Waals surface area contributed by atoms with Gasteiger partial charge < -0.3 is 4.57 Å². The van der Waals surface area contributed by atoms with Crippen molar-refractivity contribution in [3.05, 3.63) is 47.8 Å². The Kier molecular flexibility index (Phi) is 3.50. The summed E-state index contributed by atoms with van der Waals surface area (Å²) in [7, 11) is -1.98. The van der Waals surface area contributed by atoms with E-state index in [0.717, 1.165) is 6.42 Å². The van der Waals surface area contributed by atoms with Crippen LogP contribution in [0.25, 0.3) is 0 Å². The van der Waals surface area contributed by atoms with E-state index in [1.165, 1.54) is 5.56 Å². The van der Waals surface area contributed by atoms with E-state index in [0.29, 0.717) is 0 Å². The van der Waals surface area contributed by atoms with E-state index in [1.54, 1.807) is 13.3 Å². The Bertz CT molecular complexity index is 321. The van der Waals surface area contributed by atoms with Crippen molar-refractivity contribution in [2.24, 2.45) is 0 Å². The molecule has 0 saturated carbocycles. The van der Waals surface area contributed by atoms with Gasteiger partial charge in [0.1, 0.15) is 7.14 Å². The van der Waals surface area contributed by atoms with Crippen LogP contribution in [0.4, 0.5) is 0 Å². The van der Waals surface area contributed by atoms with Crippen LogP contribution in [-0.2, 0) is 11.0 Å². The molecule has 0 aliphatic rings. The van der Waals surface area contributed by atoms with Crippen LogP contribution >= 0.6 is 7.14 Å². The zero-order valence-corrected chi connectivity index (χ0v) is 9.00. The molecular formula is C11H15OP. The van der Waals surface area contributed by atoms with Crippen molar-refractivity contribution in [1.29, 1.82) is 0 Å². The number of allylic oxidation sites excluding steroid dienone is 1. The topological polar surface area (TPSA) is 17.1 Å². The summed E-state index contributed by atoms with van der Waals surface area (Å²) >= 11 is 0.